The molecule has 6 nitrogen and oxygen atoms in total. The van der Waals surface area contributed by atoms with Crippen LogP contribution in [0.25, 0.3) is 10.8 Å². The lowest BCUT2D eigenvalue weighted by Gasteiger charge is -2.22. The van der Waals surface area contributed by atoms with Crippen LogP contribution in [0, 0.1) is 0 Å². The summed E-state index contributed by atoms with van der Waals surface area (Å²) < 4.78 is 27.5. The molecule has 0 saturated heterocycles. The minimum atomic E-state index is -3.84. The molecule has 0 heterocycles. The monoisotopic (exact) mass is 385 g/mol. The molecule has 0 radical (unpaired) electrons. The number of hydrogen-bond donors (Lipinski definition) is 2. The molecule has 0 aliphatic heterocycles. The molecule has 0 aliphatic carbocycles. The molecule has 2 aromatic carbocycles. The van der Waals surface area contributed by atoms with Crippen molar-refractivity contribution in [1.29, 1.82) is 0 Å². The van der Waals surface area contributed by atoms with Gasteiger partial charge >= 0.3 is 0 Å². The number of halogens is 1. The second-order valence-electron chi connectivity index (χ2n) is 5.93. The highest BCUT2D eigenvalue weighted by Crippen LogP contribution is 2.21. The molecule has 1 amide bonds. The minimum absolute atomic E-state index is 0. The topological polar surface area (TPSA) is 92.5 Å². The van der Waals surface area contributed by atoms with Crippen LogP contribution in [0.1, 0.15) is 18.5 Å². The molecule has 2 atom stereocenters. The van der Waals surface area contributed by atoms with E-state index in [0.29, 0.717) is 0 Å². The second kappa shape index (κ2) is 8.62. The first-order valence-corrected chi connectivity index (χ1v) is 9.22. The average Bonchev–Trinajstić information content (AvgIpc) is 2.57. The van der Waals surface area contributed by atoms with Crippen LogP contribution >= 0.6 is 12.4 Å². The van der Waals surface area contributed by atoms with Gasteiger partial charge in [0, 0.05) is 20.6 Å². The third kappa shape index (κ3) is 4.92. The predicted octanol–water partition coefficient (Wildman–Crippen LogP) is 1.66. The maximum absolute atomic E-state index is 12.5. The van der Waals surface area contributed by atoms with Crippen molar-refractivity contribution in [3.8, 4) is 0 Å². The van der Waals surface area contributed by atoms with Gasteiger partial charge < -0.3 is 10.6 Å². The number of nitrogens with one attached hydrogen (secondary N) is 1. The van der Waals surface area contributed by atoms with Crippen molar-refractivity contribution in [2.24, 2.45) is 5.73 Å². The summed E-state index contributed by atoms with van der Waals surface area (Å²) in [5.74, 6) is -0.475. The number of fused-ring (bicyclic) bond motifs is 1. The Morgan fingerprint density at radius 1 is 1.16 bits per heavy atom. The molecule has 25 heavy (non-hydrogen) atoms. The standard InChI is InChI=1S/C17H23N3O3S.ClH/c1-12(17(21)20(2)3)24(22,23)19-16(11-18)15-9-8-13-6-4-5-7-14(13)10-15;/h4-10,12,16,19H,11,18H2,1-3H3;1H. The SMILES string of the molecule is CC(C(=O)N(C)C)S(=O)(=O)NC(CN)c1ccc2ccccc2c1.Cl. The summed E-state index contributed by atoms with van der Waals surface area (Å²) in [4.78, 5) is 13.2. The van der Waals surface area contributed by atoms with E-state index in [0.717, 1.165) is 16.3 Å². The quantitative estimate of drug-likeness (QED) is 0.790. The Bertz CT molecular complexity index is 840. The van der Waals surface area contributed by atoms with Gasteiger partial charge in [-0.1, -0.05) is 36.4 Å². The summed E-state index contributed by atoms with van der Waals surface area (Å²) in [7, 11) is -0.787. The van der Waals surface area contributed by atoms with Gasteiger partial charge in [0.2, 0.25) is 15.9 Å². The van der Waals surface area contributed by atoms with E-state index in [-0.39, 0.29) is 19.0 Å². The third-order valence-electron chi connectivity index (χ3n) is 3.97. The second-order valence-corrected chi connectivity index (χ2v) is 7.97. The Labute approximate surface area is 154 Å². The molecule has 138 valence electrons. The number of carbonyl (C=O) groups excluding carboxylic acids is 1. The van der Waals surface area contributed by atoms with Crippen LogP contribution in [0.3, 0.4) is 0 Å². The minimum Gasteiger partial charge on any atom is -0.348 e. The van der Waals surface area contributed by atoms with Gasteiger partial charge in [0.25, 0.3) is 0 Å². The summed E-state index contributed by atoms with van der Waals surface area (Å²) in [5.41, 5.74) is 6.54. The average molecular weight is 386 g/mol. The maximum atomic E-state index is 12.5. The molecule has 8 heteroatoms. The zero-order chi connectivity index (χ0) is 17.9. The van der Waals surface area contributed by atoms with Crippen molar-refractivity contribution in [1.82, 2.24) is 9.62 Å². The van der Waals surface area contributed by atoms with Crippen molar-refractivity contribution >= 4 is 39.1 Å². The molecular formula is C17H24ClN3O3S. The fraction of sp³-hybridized carbons (Fsp3) is 0.353. The van der Waals surface area contributed by atoms with Crippen LogP contribution < -0.4 is 10.5 Å². The van der Waals surface area contributed by atoms with Crippen LogP contribution in [0.4, 0.5) is 0 Å². The van der Waals surface area contributed by atoms with Crippen LogP contribution in [0.5, 0.6) is 0 Å². The number of amides is 1. The van der Waals surface area contributed by atoms with Gasteiger partial charge in [-0.25, -0.2) is 13.1 Å². The smallest absolute Gasteiger partial charge is 0.241 e. The van der Waals surface area contributed by atoms with Gasteiger partial charge in [-0.3, -0.25) is 4.79 Å². The first kappa shape index (κ1) is 21.4. The maximum Gasteiger partial charge on any atom is 0.241 e. The first-order valence-electron chi connectivity index (χ1n) is 7.67. The molecule has 0 spiro atoms. The molecule has 2 aromatic rings. The highest BCUT2D eigenvalue weighted by atomic mass is 35.5. The van der Waals surface area contributed by atoms with E-state index in [1.807, 2.05) is 42.5 Å². The van der Waals surface area contributed by atoms with Gasteiger partial charge in [-0.05, 0) is 29.3 Å². The number of carbonyl (C=O) groups is 1. The van der Waals surface area contributed by atoms with Gasteiger partial charge in [-0.15, -0.1) is 12.4 Å². The van der Waals surface area contributed by atoms with Crippen LogP contribution in [0.15, 0.2) is 42.5 Å². The Balaban J connectivity index is 0.00000312. The number of sulfonamides is 1. The van der Waals surface area contributed by atoms with Gasteiger partial charge in [0.15, 0.2) is 5.25 Å². The summed E-state index contributed by atoms with van der Waals surface area (Å²) in [6, 6.07) is 12.9. The zero-order valence-corrected chi connectivity index (χ0v) is 16.1. The fourth-order valence-corrected chi connectivity index (χ4v) is 3.78. The summed E-state index contributed by atoms with van der Waals surface area (Å²) >= 11 is 0. The Kier molecular flexibility index (Phi) is 7.37. The summed E-state index contributed by atoms with van der Waals surface area (Å²) in [6.45, 7) is 1.47. The normalized spacial score (nSPS) is 13.8. The highest BCUT2D eigenvalue weighted by Gasteiger charge is 2.31. The Morgan fingerprint density at radius 2 is 1.76 bits per heavy atom. The van der Waals surface area contributed by atoms with Gasteiger partial charge in [0.1, 0.15) is 0 Å². The van der Waals surface area contributed by atoms with E-state index in [2.05, 4.69) is 4.72 Å². The largest absolute Gasteiger partial charge is 0.348 e. The molecule has 0 aliphatic rings. The lowest BCUT2D eigenvalue weighted by atomic mass is 10.0. The number of benzene rings is 2. The van der Waals surface area contributed by atoms with Crippen LogP contribution in [-0.2, 0) is 14.8 Å². The lowest BCUT2D eigenvalue weighted by molar-refractivity contribution is -0.127. The van der Waals surface area contributed by atoms with E-state index in [4.69, 9.17) is 5.73 Å². The van der Waals surface area contributed by atoms with E-state index in [9.17, 15) is 13.2 Å². The zero-order valence-electron chi connectivity index (χ0n) is 14.5. The molecule has 0 aromatic heterocycles. The van der Waals surface area contributed by atoms with Crippen molar-refractivity contribution in [2.75, 3.05) is 20.6 Å². The fourth-order valence-electron chi connectivity index (χ4n) is 2.47. The molecule has 2 rings (SSSR count). The number of nitrogens with two attached hydrogens (primary N) is 1. The van der Waals surface area contributed by atoms with Gasteiger partial charge in [-0.2, -0.15) is 0 Å². The molecule has 0 bridgehead atoms. The van der Waals surface area contributed by atoms with Crippen LogP contribution in [0.2, 0.25) is 0 Å². The Morgan fingerprint density at radius 3 is 2.32 bits per heavy atom. The molecular weight excluding hydrogens is 362 g/mol. The number of nitrogens with zero attached hydrogens (tertiary/aromatic N) is 1. The predicted molar refractivity (Wildman–Crippen MR) is 103 cm³/mol. The summed E-state index contributed by atoms with van der Waals surface area (Å²) in [5, 5.41) is 0.892. The third-order valence-corrected chi connectivity index (χ3v) is 5.72. The lowest BCUT2D eigenvalue weighted by Crippen LogP contribution is -2.45. The van der Waals surface area contributed by atoms with E-state index >= 15 is 0 Å². The highest BCUT2D eigenvalue weighted by molar-refractivity contribution is 7.90. The van der Waals surface area contributed by atoms with Crippen molar-refractivity contribution in [3.63, 3.8) is 0 Å². The number of rotatable bonds is 6. The van der Waals surface area contributed by atoms with Gasteiger partial charge in [0.05, 0.1) is 6.04 Å². The Hall–Kier alpha value is -1.67. The van der Waals surface area contributed by atoms with Crippen molar-refractivity contribution < 1.29 is 13.2 Å². The van der Waals surface area contributed by atoms with Crippen LogP contribution in [-0.4, -0.2) is 45.1 Å². The van der Waals surface area contributed by atoms with Crippen molar-refractivity contribution in [3.05, 3.63) is 48.0 Å². The summed E-state index contributed by atoms with van der Waals surface area (Å²) in [6.07, 6.45) is 0. The van der Waals surface area contributed by atoms with E-state index in [1.54, 1.807) is 0 Å². The molecule has 0 saturated carbocycles. The molecule has 0 fully saturated rings. The molecule has 3 N–H and O–H groups in total. The first-order chi connectivity index (χ1) is 11.3. The molecule has 2 unspecified atom stereocenters. The van der Waals surface area contributed by atoms with Crippen molar-refractivity contribution in [2.45, 2.75) is 18.2 Å². The number of hydrogen-bond acceptors (Lipinski definition) is 4. The van der Waals surface area contributed by atoms with E-state index in [1.165, 1.54) is 25.9 Å². The van der Waals surface area contributed by atoms with E-state index < -0.39 is 27.2 Å².